The minimum absolute atomic E-state index is 0.166. The lowest BCUT2D eigenvalue weighted by molar-refractivity contribution is -0.118. The third kappa shape index (κ3) is 3.79. The highest BCUT2D eigenvalue weighted by Gasteiger charge is 2.37. The molecule has 0 spiro atoms. The van der Waals surface area contributed by atoms with E-state index in [4.69, 9.17) is 0 Å². The van der Waals surface area contributed by atoms with E-state index in [1.807, 2.05) is 57.2 Å². The minimum Gasteiger partial charge on any atom is -0.376 e. The Morgan fingerprint density at radius 3 is 2.62 bits per heavy atom. The number of hydrogen-bond donors (Lipinski definition) is 2. The first-order valence-electron chi connectivity index (χ1n) is 6.90. The van der Waals surface area contributed by atoms with Gasteiger partial charge in [0.05, 0.1) is 9.90 Å². The van der Waals surface area contributed by atoms with Crippen molar-refractivity contribution in [1.82, 2.24) is 10.6 Å². The molecule has 1 aromatic rings. The van der Waals surface area contributed by atoms with Gasteiger partial charge in [0.1, 0.15) is 11.6 Å². The molecule has 0 saturated carbocycles. The normalized spacial score (nSPS) is 22.0. The van der Waals surface area contributed by atoms with Crippen LogP contribution in [0.4, 0.5) is 0 Å². The lowest BCUT2D eigenvalue weighted by Crippen LogP contribution is -2.50. The van der Waals surface area contributed by atoms with Crippen LogP contribution in [0.2, 0.25) is 0 Å². The van der Waals surface area contributed by atoms with Crippen molar-refractivity contribution >= 4 is 17.7 Å². The van der Waals surface area contributed by atoms with Gasteiger partial charge in [-0.3, -0.25) is 4.79 Å². The van der Waals surface area contributed by atoms with Crippen LogP contribution in [0.5, 0.6) is 0 Å². The summed E-state index contributed by atoms with van der Waals surface area (Å²) in [6.45, 7) is 5.96. The number of carbonyl (C=O) groups is 1. The van der Waals surface area contributed by atoms with Gasteiger partial charge in [0.15, 0.2) is 0 Å². The van der Waals surface area contributed by atoms with Crippen molar-refractivity contribution in [3.8, 4) is 6.07 Å². The molecule has 110 valence electrons. The van der Waals surface area contributed by atoms with E-state index in [9.17, 15) is 10.1 Å². The van der Waals surface area contributed by atoms with Crippen LogP contribution in [0.25, 0.3) is 0 Å². The summed E-state index contributed by atoms with van der Waals surface area (Å²) in [6, 6.07) is 12.2. The molecule has 2 rings (SSSR count). The molecular weight excluding hydrogens is 282 g/mol. The van der Waals surface area contributed by atoms with Gasteiger partial charge < -0.3 is 10.6 Å². The molecule has 1 aliphatic heterocycles. The topological polar surface area (TPSA) is 64.9 Å². The number of carbonyl (C=O) groups excluding carboxylic acids is 1. The smallest absolute Gasteiger partial charge is 0.265 e. The van der Waals surface area contributed by atoms with Crippen LogP contribution in [0.15, 0.2) is 40.9 Å². The van der Waals surface area contributed by atoms with Gasteiger partial charge in [0.25, 0.3) is 5.91 Å². The van der Waals surface area contributed by atoms with Crippen molar-refractivity contribution < 1.29 is 4.79 Å². The number of nitrogens with one attached hydrogen (secondary N) is 2. The number of thioether (sulfide) groups is 1. The van der Waals surface area contributed by atoms with E-state index in [1.54, 1.807) is 0 Å². The largest absolute Gasteiger partial charge is 0.376 e. The molecule has 1 unspecified atom stereocenters. The highest BCUT2D eigenvalue weighted by atomic mass is 32.2. The average molecular weight is 301 g/mol. The molecule has 4 nitrogen and oxygen atoms in total. The first-order chi connectivity index (χ1) is 9.93. The van der Waals surface area contributed by atoms with Crippen LogP contribution in [-0.2, 0) is 11.2 Å². The Morgan fingerprint density at radius 1 is 1.38 bits per heavy atom. The SMILES string of the molecule is CC(C)NC1=C(C#N)C(=O)NC(C)(Cc2ccccc2)S1. The molecule has 0 aromatic heterocycles. The summed E-state index contributed by atoms with van der Waals surface area (Å²) in [7, 11) is 0. The summed E-state index contributed by atoms with van der Waals surface area (Å²) in [5.74, 6) is -0.308. The van der Waals surface area contributed by atoms with E-state index in [0.717, 1.165) is 5.56 Å². The van der Waals surface area contributed by atoms with Crippen LogP contribution >= 0.6 is 11.8 Å². The summed E-state index contributed by atoms with van der Waals surface area (Å²) in [4.78, 5) is 11.7. The Hall–Kier alpha value is -1.93. The molecule has 1 heterocycles. The number of nitriles is 1. The fourth-order valence-electron chi connectivity index (χ4n) is 2.24. The minimum atomic E-state index is -0.462. The molecule has 0 fully saturated rings. The van der Waals surface area contributed by atoms with Crippen molar-refractivity contribution in [3.05, 3.63) is 46.5 Å². The Balaban J connectivity index is 2.26. The number of amides is 1. The molecular formula is C16H19N3OS. The van der Waals surface area contributed by atoms with E-state index in [2.05, 4.69) is 10.6 Å². The van der Waals surface area contributed by atoms with Crippen molar-refractivity contribution in [2.45, 2.75) is 38.1 Å². The summed E-state index contributed by atoms with van der Waals surface area (Å²) >= 11 is 1.51. The second kappa shape index (κ2) is 6.23. The zero-order valence-electron chi connectivity index (χ0n) is 12.4. The van der Waals surface area contributed by atoms with Crippen LogP contribution in [0.1, 0.15) is 26.3 Å². The van der Waals surface area contributed by atoms with E-state index < -0.39 is 4.87 Å². The maximum Gasteiger partial charge on any atom is 0.265 e. The zero-order valence-corrected chi connectivity index (χ0v) is 13.3. The molecule has 0 aliphatic carbocycles. The third-order valence-corrected chi connectivity index (χ3v) is 4.30. The van der Waals surface area contributed by atoms with Crippen molar-refractivity contribution in [2.75, 3.05) is 0 Å². The highest BCUT2D eigenvalue weighted by molar-refractivity contribution is 8.04. The number of benzene rings is 1. The van der Waals surface area contributed by atoms with Gasteiger partial charge in [-0.1, -0.05) is 42.1 Å². The molecule has 0 radical (unpaired) electrons. The first-order valence-corrected chi connectivity index (χ1v) is 7.71. The van der Waals surface area contributed by atoms with E-state index in [1.165, 1.54) is 11.8 Å². The fourth-order valence-corrected chi connectivity index (χ4v) is 3.61. The Morgan fingerprint density at radius 2 is 2.05 bits per heavy atom. The number of nitrogens with zero attached hydrogens (tertiary/aromatic N) is 1. The standard InChI is InChI=1S/C16H19N3OS/c1-11(2)18-15-13(10-17)14(20)19-16(3,21-15)9-12-7-5-4-6-8-12/h4-8,11,18H,9H2,1-3H3,(H,19,20). The van der Waals surface area contributed by atoms with E-state index >= 15 is 0 Å². The van der Waals surface area contributed by atoms with Crippen molar-refractivity contribution in [2.24, 2.45) is 0 Å². The Labute approximate surface area is 129 Å². The zero-order chi connectivity index (χ0) is 15.5. The van der Waals surface area contributed by atoms with Crippen LogP contribution in [0, 0.1) is 11.3 Å². The van der Waals surface area contributed by atoms with Gasteiger partial charge in [0, 0.05) is 12.5 Å². The van der Waals surface area contributed by atoms with Gasteiger partial charge in [0.2, 0.25) is 0 Å². The lowest BCUT2D eigenvalue weighted by atomic mass is 10.1. The molecule has 1 atom stereocenters. The molecule has 1 aliphatic rings. The molecule has 0 bridgehead atoms. The van der Waals surface area contributed by atoms with Gasteiger partial charge in [-0.25, -0.2) is 0 Å². The lowest BCUT2D eigenvalue weighted by Gasteiger charge is -2.35. The van der Waals surface area contributed by atoms with Crippen molar-refractivity contribution in [3.63, 3.8) is 0 Å². The fraction of sp³-hybridized carbons (Fsp3) is 0.375. The van der Waals surface area contributed by atoms with Gasteiger partial charge in [-0.15, -0.1) is 0 Å². The quantitative estimate of drug-likeness (QED) is 0.897. The molecule has 0 saturated heterocycles. The molecule has 1 aromatic carbocycles. The summed E-state index contributed by atoms with van der Waals surface area (Å²) in [5, 5.41) is 16.0. The second-order valence-corrected chi connectivity index (χ2v) is 7.08. The highest BCUT2D eigenvalue weighted by Crippen LogP contribution is 2.37. The number of rotatable bonds is 4. The summed E-state index contributed by atoms with van der Waals surface area (Å²) in [5.41, 5.74) is 1.32. The maximum absolute atomic E-state index is 12.2. The molecule has 1 amide bonds. The monoisotopic (exact) mass is 301 g/mol. The van der Waals surface area contributed by atoms with Crippen LogP contribution in [-0.4, -0.2) is 16.8 Å². The maximum atomic E-state index is 12.2. The van der Waals surface area contributed by atoms with E-state index in [0.29, 0.717) is 11.4 Å². The Bertz CT molecular complexity index is 604. The van der Waals surface area contributed by atoms with Crippen LogP contribution in [0.3, 0.4) is 0 Å². The third-order valence-electron chi connectivity index (χ3n) is 3.08. The number of hydrogen-bond acceptors (Lipinski definition) is 4. The summed E-state index contributed by atoms with van der Waals surface area (Å²) in [6.07, 6.45) is 0.701. The summed E-state index contributed by atoms with van der Waals surface area (Å²) < 4.78 is 0. The predicted octanol–water partition coefficient (Wildman–Crippen LogP) is 2.54. The van der Waals surface area contributed by atoms with Gasteiger partial charge in [-0.2, -0.15) is 5.26 Å². The Kier molecular flexibility index (Phi) is 4.59. The van der Waals surface area contributed by atoms with Gasteiger partial charge in [-0.05, 0) is 26.3 Å². The predicted molar refractivity (Wildman–Crippen MR) is 85.2 cm³/mol. The van der Waals surface area contributed by atoms with E-state index in [-0.39, 0.29) is 17.5 Å². The molecule has 21 heavy (non-hydrogen) atoms. The first kappa shape index (κ1) is 15.5. The molecule has 5 heteroatoms. The molecule has 2 N–H and O–H groups in total. The average Bonchev–Trinajstić information content (AvgIpc) is 2.38. The van der Waals surface area contributed by atoms with Crippen molar-refractivity contribution in [1.29, 1.82) is 5.26 Å². The van der Waals surface area contributed by atoms with Gasteiger partial charge >= 0.3 is 0 Å². The van der Waals surface area contributed by atoms with Crippen LogP contribution < -0.4 is 10.6 Å². The second-order valence-electron chi connectivity index (χ2n) is 5.56.